The first kappa shape index (κ1) is 23.4. The Hall–Kier alpha value is -3.32. The summed E-state index contributed by atoms with van der Waals surface area (Å²) in [6.07, 6.45) is 2.12. The van der Waals surface area contributed by atoms with Crippen LogP contribution in [0.1, 0.15) is 34.6 Å². The van der Waals surface area contributed by atoms with Gasteiger partial charge in [-0.1, -0.05) is 12.1 Å². The number of nitrogens with two attached hydrogens (primary N) is 1. The zero-order chi connectivity index (χ0) is 24.6. The van der Waals surface area contributed by atoms with Crippen LogP contribution in [0.2, 0.25) is 0 Å². The molecule has 0 spiro atoms. The topological polar surface area (TPSA) is 147 Å². The fourth-order valence-electron chi connectivity index (χ4n) is 3.95. The van der Waals surface area contributed by atoms with E-state index in [1.165, 1.54) is 28.8 Å². The number of sulfonamides is 1. The number of aromatic nitrogens is 3. The van der Waals surface area contributed by atoms with Gasteiger partial charge in [0.25, 0.3) is 0 Å². The smallest absolute Gasteiger partial charge is 0.355 e. The number of rotatable bonds is 7. The molecule has 2 aromatic carbocycles. The lowest BCUT2D eigenvalue weighted by Gasteiger charge is -2.23. The first-order valence-corrected chi connectivity index (χ1v) is 13.3. The quantitative estimate of drug-likeness (QED) is 0.383. The predicted octanol–water partition coefficient (Wildman–Crippen LogP) is 2.98. The monoisotopic (exact) mass is 514 g/mol. The van der Waals surface area contributed by atoms with E-state index in [1.807, 2.05) is 18.2 Å². The van der Waals surface area contributed by atoms with Crippen LogP contribution < -0.4 is 9.88 Å². The maximum absolute atomic E-state index is 11.6. The summed E-state index contributed by atoms with van der Waals surface area (Å²) in [7, 11) is -3.78. The number of carboxylic acid groups (broad SMARTS) is 1. The molecule has 10 nitrogen and oxygen atoms in total. The highest BCUT2D eigenvalue weighted by molar-refractivity contribution is 7.89. The highest BCUT2D eigenvalue weighted by Crippen LogP contribution is 2.30. The average molecular weight is 515 g/mol. The number of nitrogens with zero attached hydrogens (tertiary/aromatic N) is 3. The molecule has 0 amide bonds. The fraction of sp³-hybridized carbons (Fsp3) is 0.261. The highest BCUT2D eigenvalue weighted by atomic mass is 32.2. The molecular weight excluding hydrogens is 492 g/mol. The third kappa shape index (κ3) is 5.05. The molecule has 1 aliphatic heterocycles. The molecule has 1 aliphatic rings. The van der Waals surface area contributed by atoms with Crippen molar-refractivity contribution in [2.45, 2.75) is 30.3 Å². The maximum atomic E-state index is 11.6. The van der Waals surface area contributed by atoms with Gasteiger partial charge in [0.2, 0.25) is 15.2 Å². The molecule has 0 saturated carbocycles. The van der Waals surface area contributed by atoms with Crippen molar-refractivity contribution in [2.24, 2.45) is 5.14 Å². The van der Waals surface area contributed by atoms with Gasteiger partial charge in [-0.3, -0.25) is 0 Å². The second-order valence-corrected chi connectivity index (χ2v) is 10.6. The number of primary sulfonamides is 1. The predicted molar refractivity (Wildman–Crippen MR) is 129 cm³/mol. The number of benzene rings is 2. The lowest BCUT2D eigenvalue weighted by molar-refractivity contribution is 0.0256. The van der Waals surface area contributed by atoms with Gasteiger partial charge < -0.3 is 14.6 Å². The van der Waals surface area contributed by atoms with Crippen LogP contribution in [0.15, 0.2) is 52.7 Å². The molecule has 0 aliphatic carbocycles. The first-order chi connectivity index (χ1) is 16.8. The van der Waals surface area contributed by atoms with Gasteiger partial charge in [-0.25, -0.2) is 28.0 Å². The van der Waals surface area contributed by atoms with Crippen molar-refractivity contribution < 1.29 is 27.8 Å². The van der Waals surface area contributed by atoms with Gasteiger partial charge in [-0.05, 0) is 35.9 Å². The van der Waals surface area contributed by atoms with Crippen LogP contribution in [0.3, 0.4) is 0 Å². The Morgan fingerprint density at radius 2 is 1.94 bits per heavy atom. The number of fused-ring (bicyclic) bond motifs is 1. The Labute approximate surface area is 205 Å². The van der Waals surface area contributed by atoms with Crippen molar-refractivity contribution >= 4 is 38.2 Å². The molecular formula is C23H22N4O6S2. The molecule has 2 aromatic heterocycles. The van der Waals surface area contributed by atoms with Gasteiger partial charge in [0.1, 0.15) is 11.9 Å². The van der Waals surface area contributed by atoms with Crippen molar-refractivity contribution in [1.82, 2.24) is 14.8 Å². The molecule has 5 rings (SSSR count). The van der Waals surface area contributed by atoms with Crippen LogP contribution in [0, 0.1) is 0 Å². The van der Waals surface area contributed by atoms with E-state index in [-0.39, 0.29) is 16.7 Å². The summed E-state index contributed by atoms with van der Waals surface area (Å²) in [6, 6.07) is 12.0. The van der Waals surface area contributed by atoms with Crippen molar-refractivity contribution in [3.8, 4) is 10.9 Å². The third-order valence-corrected chi connectivity index (χ3v) is 7.46. The maximum Gasteiger partial charge on any atom is 0.355 e. The van der Waals surface area contributed by atoms with Crippen LogP contribution in [-0.2, 0) is 21.2 Å². The number of hydrogen-bond acceptors (Lipinski definition) is 8. The number of carboxylic acids is 1. The minimum absolute atomic E-state index is 0.0350. The molecule has 1 fully saturated rings. The summed E-state index contributed by atoms with van der Waals surface area (Å²) in [6.45, 7) is 1.33. The van der Waals surface area contributed by atoms with Crippen molar-refractivity contribution in [3.63, 3.8) is 0 Å². The van der Waals surface area contributed by atoms with E-state index in [0.717, 1.165) is 29.3 Å². The van der Waals surface area contributed by atoms with Crippen molar-refractivity contribution in [2.75, 3.05) is 13.2 Å². The molecule has 0 atom stereocenters. The number of aromatic carboxylic acids is 1. The number of thiazole rings is 1. The zero-order valence-electron chi connectivity index (χ0n) is 18.5. The number of ether oxygens (including phenoxy) is 2. The average Bonchev–Trinajstić information content (AvgIpc) is 3.45. The van der Waals surface area contributed by atoms with E-state index >= 15 is 0 Å². The number of hydrogen-bond donors (Lipinski definition) is 2. The Balaban J connectivity index is 1.54. The molecule has 35 heavy (non-hydrogen) atoms. The summed E-state index contributed by atoms with van der Waals surface area (Å²) in [5.41, 5.74) is 2.26. The van der Waals surface area contributed by atoms with E-state index in [1.54, 1.807) is 16.8 Å². The van der Waals surface area contributed by atoms with Gasteiger partial charge in [0, 0.05) is 30.0 Å². The van der Waals surface area contributed by atoms with Crippen LogP contribution in [0.25, 0.3) is 16.0 Å². The van der Waals surface area contributed by atoms with Crippen molar-refractivity contribution in [1.29, 1.82) is 0 Å². The van der Waals surface area contributed by atoms with Gasteiger partial charge in [-0.15, -0.1) is 11.3 Å². The molecule has 12 heteroatoms. The second-order valence-electron chi connectivity index (χ2n) is 8.15. The van der Waals surface area contributed by atoms with E-state index in [0.29, 0.717) is 36.2 Å². The van der Waals surface area contributed by atoms with Crippen LogP contribution >= 0.6 is 11.3 Å². The minimum Gasteiger partial charge on any atom is -0.490 e. The standard InChI is InChI=1S/C23H22N4O6S2/c24-35(30,31)17-4-1-14(2-5-17)11-19-18-12-16(33-15-7-9-32-10-8-15)3-6-21(18)27(26-19)23-25-20(13-34-23)22(28)29/h1-6,12-13,15H,7-11H2,(H,28,29)(H2,24,30,31). The summed E-state index contributed by atoms with van der Waals surface area (Å²) in [4.78, 5) is 15.6. The van der Waals surface area contributed by atoms with E-state index in [4.69, 9.17) is 19.7 Å². The molecule has 3 N–H and O–H groups in total. The third-order valence-electron chi connectivity index (χ3n) is 5.71. The first-order valence-electron chi connectivity index (χ1n) is 10.8. The zero-order valence-corrected chi connectivity index (χ0v) is 20.1. The molecule has 4 aromatic rings. The SMILES string of the molecule is NS(=O)(=O)c1ccc(Cc2nn(-c3nc(C(=O)O)cs3)c3ccc(OC4CCOCC4)cc23)cc1. The minimum atomic E-state index is -3.78. The van der Waals surface area contributed by atoms with Crippen LogP contribution in [0.5, 0.6) is 5.75 Å². The summed E-state index contributed by atoms with van der Waals surface area (Å²) < 4.78 is 36.4. The highest BCUT2D eigenvalue weighted by Gasteiger charge is 2.20. The molecule has 182 valence electrons. The molecule has 3 heterocycles. The fourth-order valence-corrected chi connectivity index (χ4v) is 5.22. The van der Waals surface area contributed by atoms with E-state index in [9.17, 15) is 18.3 Å². The van der Waals surface area contributed by atoms with Crippen molar-refractivity contribution in [3.05, 3.63) is 64.8 Å². The Morgan fingerprint density at radius 1 is 1.20 bits per heavy atom. The normalized spacial score (nSPS) is 14.9. The Bertz CT molecular complexity index is 1490. The largest absolute Gasteiger partial charge is 0.490 e. The Kier molecular flexibility index (Phi) is 6.28. The van der Waals surface area contributed by atoms with Gasteiger partial charge in [0.05, 0.1) is 29.3 Å². The molecule has 0 unspecified atom stereocenters. The molecule has 0 radical (unpaired) electrons. The summed E-state index contributed by atoms with van der Waals surface area (Å²) in [5.74, 6) is -0.397. The summed E-state index contributed by atoms with van der Waals surface area (Å²) >= 11 is 1.19. The molecule has 1 saturated heterocycles. The van der Waals surface area contributed by atoms with Crippen LogP contribution in [-0.4, -0.2) is 53.6 Å². The van der Waals surface area contributed by atoms with Gasteiger partial charge >= 0.3 is 5.97 Å². The van der Waals surface area contributed by atoms with E-state index < -0.39 is 16.0 Å². The van der Waals surface area contributed by atoms with E-state index in [2.05, 4.69) is 4.98 Å². The van der Waals surface area contributed by atoms with Gasteiger partial charge in [0.15, 0.2) is 5.69 Å². The number of carbonyl (C=O) groups is 1. The Morgan fingerprint density at radius 3 is 2.60 bits per heavy atom. The van der Waals surface area contributed by atoms with Gasteiger partial charge in [-0.2, -0.15) is 5.10 Å². The lowest BCUT2D eigenvalue weighted by Crippen LogP contribution is -2.25. The summed E-state index contributed by atoms with van der Waals surface area (Å²) in [5, 5.41) is 21.9. The second kappa shape index (κ2) is 9.38. The lowest BCUT2D eigenvalue weighted by atomic mass is 10.1. The molecule has 0 bridgehead atoms. The van der Waals surface area contributed by atoms with Crippen LogP contribution in [0.4, 0.5) is 0 Å².